The van der Waals surface area contributed by atoms with E-state index in [9.17, 15) is 9.59 Å². The zero-order valence-corrected chi connectivity index (χ0v) is 19.2. The molecule has 3 aromatic rings. The molecule has 4 rings (SSSR count). The number of carbonyl (C=O) groups is 2. The van der Waals surface area contributed by atoms with Crippen LogP contribution in [-0.2, 0) is 17.9 Å². The molecule has 0 fully saturated rings. The van der Waals surface area contributed by atoms with Crippen molar-refractivity contribution in [3.63, 3.8) is 0 Å². The Morgan fingerprint density at radius 3 is 2.62 bits per heavy atom. The predicted molar refractivity (Wildman–Crippen MR) is 126 cm³/mol. The first-order chi connectivity index (χ1) is 15.3. The maximum Gasteiger partial charge on any atom is 0.271 e. The lowest BCUT2D eigenvalue weighted by atomic mass is 9.93. The summed E-state index contributed by atoms with van der Waals surface area (Å²) in [6.45, 7) is 7.39. The number of aromatic nitrogens is 1. The first-order valence-electron chi connectivity index (χ1n) is 11.2. The van der Waals surface area contributed by atoms with Gasteiger partial charge < -0.3 is 19.5 Å². The molecule has 0 saturated carbocycles. The highest BCUT2D eigenvalue weighted by Crippen LogP contribution is 2.34. The molecular weight excluding hydrogens is 402 g/mol. The van der Waals surface area contributed by atoms with Crippen LogP contribution in [0.25, 0.3) is 10.9 Å². The molecule has 2 heterocycles. The van der Waals surface area contributed by atoms with E-state index in [1.165, 1.54) is 0 Å². The van der Waals surface area contributed by atoms with Crippen molar-refractivity contribution >= 4 is 22.7 Å². The average molecular weight is 434 g/mol. The highest BCUT2D eigenvalue weighted by Gasteiger charge is 2.47. The molecule has 0 spiro atoms. The molecule has 0 saturated heterocycles. The number of nitrogens with zero attached hydrogens (tertiary/aromatic N) is 2. The first kappa shape index (κ1) is 21.9. The van der Waals surface area contributed by atoms with Crippen molar-refractivity contribution in [2.45, 2.75) is 45.8 Å². The van der Waals surface area contributed by atoms with E-state index < -0.39 is 5.54 Å². The Morgan fingerprint density at radius 1 is 1.16 bits per heavy atom. The Bertz CT molecular complexity index is 1150. The lowest BCUT2D eigenvalue weighted by Gasteiger charge is -2.44. The summed E-state index contributed by atoms with van der Waals surface area (Å²) in [4.78, 5) is 29.0. The minimum absolute atomic E-state index is 0.134. The Kier molecular flexibility index (Phi) is 5.96. The van der Waals surface area contributed by atoms with Crippen molar-refractivity contribution in [2.75, 3.05) is 13.7 Å². The number of ether oxygens (including phenoxy) is 1. The number of para-hydroxylation sites is 2. The standard InChI is InChI=1S/C26H31N3O3/c1-18(2)13-14-27-25(31)26(3)17-28-21-11-7-5-9-19(21)15-22(28)24(30)29(26)16-20-10-6-8-12-23(20)32-4/h5-12,15,18H,13-14,16-17H2,1-4H3,(H,27,31)/t26-/m0/s1. The number of hydrogen-bond acceptors (Lipinski definition) is 3. The van der Waals surface area contributed by atoms with Gasteiger partial charge in [-0.25, -0.2) is 0 Å². The van der Waals surface area contributed by atoms with Crippen LogP contribution in [0.2, 0.25) is 0 Å². The van der Waals surface area contributed by atoms with Gasteiger partial charge in [-0.05, 0) is 37.5 Å². The molecule has 0 radical (unpaired) electrons. The van der Waals surface area contributed by atoms with Crippen molar-refractivity contribution in [3.05, 3.63) is 65.9 Å². The van der Waals surface area contributed by atoms with Crippen LogP contribution in [0.4, 0.5) is 0 Å². The maximum absolute atomic E-state index is 13.8. The number of methoxy groups -OCH3 is 1. The summed E-state index contributed by atoms with van der Waals surface area (Å²) in [5.41, 5.74) is 1.40. The SMILES string of the molecule is COc1ccccc1CN1C(=O)c2cc3ccccc3n2C[C@@]1(C)C(=O)NCCC(C)C. The number of amides is 2. The highest BCUT2D eigenvalue weighted by molar-refractivity contribution is 6.03. The van der Waals surface area contributed by atoms with Crippen LogP contribution >= 0.6 is 0 Å². The van der Waals surface area contributed by atoms with Crippen LogP contribution in [0.5, 0.6) is 5.75 Å². The lowest BCUT2D eigenvalue weighted by Crippen LogP contribution is -2.63. The van der Waals surface area contributed by atoms with E-state index >= 15 is 0 Å². The van der Waals surface area contributed by atoms with Crippen molar-refractivity contribution in [1.29, 1.82) is 0 Å². The van der Waals surface area contributed by atoms with Gasteiger partial charge in [-0.1, -0.05) is 50.2 Å². The minimum atomic E-state index is -1.04. The van der Waals surface area contributed by atoms with E-state index in [1.807, 2.05) is 66.1 Å². The molecule has 0 aliphatic carbocycles. The molecule has 1 aromatic heterocycles. The largest absolute Gasteiger partial charge is 0.496 e. The fourth-order valence-corrected chi connectivity index (χ4v) is 4.42. The van der Waals surface area contributed by atoms with Gasteiger partial charge in [0.25, 0.3) is 5.91 Å². The number of hydrogen-bond donors (Lipinski definition) is 1. The second-order valence-corrected chi connectivity index (χ2v) is 9.09. The fraction of sp³-hybridized carbons (Fsp3) is 0.385. The monoisotopic (exact) mass is 433 g/mol. The Balaban J connectivity index is 1.76. The molecule has 0 unspecified atom stereocenters. The summed E-state index contributed by atoms with van der Waals surface area (Å²) in [6, 6.07) is 17.5. The third-order valence-electron chi connectivity index (χ3n) is 6.35. The van der Waals surface area contributed by atoms with Crippen LogP contribution in [-0.4, -0.2) is 40.5 Å². The van der Waals surface area contributed by atoms with Gasteiger partial charge in [0.05, 0.1) is 20.2 Å². The maximum atomic E-state index is 13.8. The van der Waals surface area contributed by atoms with Crippen molar-refractivity contribution in [1.82, 2.24) is 14.8 Å². The third kappa shape index (κ3) is 3.85. The quantitative estimate of drug-likeness (QED) is 0.607. The molecule has 1 atom stereocenters. The molecule has 2 aromatic carbocycles. The van der Waals surface area contributed by atoms with E-state index in [1.54, 1.807) is 12.0 Å². The number of carbonyl (C=O) groups excluding carboxylic acids is 2. The number of benzene rings is 2. The van der Waals surface area contributed by atoms with Gasteiger partial charge >= 0.3 is 0 Å². The predicted octanol–water partition coefficient (Wildman–Crippen LogP) is 4.23. The summed E-state index contributed by atoms with van der Waals surface area (Å²) in [6.07, 6.45) is 0.889. The summed E-state index contributed by atoms with van der Waals surface area (Å²) in [5, 5.41) is 4.08. The Hall–Kier alpha value is -3.28. The summed E-state index contributed by atoms with van der Waals surface area (Å²) in [7, 11) is 1.62. The van der Waals surface area contributed by atoms with Crippen LogP contribution in [0.15, 0.2) is 54.6 Å². The van der Waals surface area contributed by atoms with Gasteiger partial charge in [0.2, 0.25) is 5.91 Å². The zero-order chi connectivity index (χ0) is 22.9. The minimum Gasteiger partial charge on any atom is -0.496 e. The lowest BCUT2D eigenvalue weighted by molar-refractivity contribution is -0.133. The molecular formula is C26H31N3O3. The molecule has 168 valence electrons. The summed E-state index contributed by atoms with van der Waals surface area (Å²) in [5.74, 6) is 0.902. The average Bonchev–Trinajstić information content (AvgIpc) is 3.15. The Morgan fingerprint density at radius 2 is 1.88 bits per heavy atom. The molecule has 0 bridgehead atoms. The van der Waals surface area contributed by atoms with Gasteiger partial charge in [0, 0.05) is 23.0 Å². The second-order valence-electron chi connectivity index (χ2n) is 9.09. The van der Waals surface area contributed by atoms with Gasteiger partial charge in [0.15, 0.2) is 0 Å². The van der Waals surface area contributed by atoms with Crippen LogP contribution in [0, 0.1) is 5.92 Å². The number of rotatable bonds is 7. The molecule has 1 aliphatic rings. The van der Waals surface area contributed by atoms with Gasteiger partial charge in [-0.15, -0.1) is 0 Å². The molecule has 6 nitrogen and oxygen atoms in total. The van der Waals surface area contributed by atoms with Gasteiger partial charge in [-0.2, -0.15) is 0 Å². The van der Waals surface area contributed by atoms with Crippen LogP contribution < -0.4 is 10.1 Å². The van der Waals surface area contributed by atoms with E-state index in [4.69, 9.17) is 4.74 Å². The zero-order valence-electron chi connectivity index (χ0n) is 19.2. The van der Waals surface area contributed by atoms with E-state index in [0.29, 0.717) is 37.0 Å². The van der Waals surface area contributed by atoms with Crippen LogP contribution in [0.3, 0.4) is 0 Å². The van der Waals surface area contributed by atoms with E-state index in [-0.39, 0.29) is 11.8 Å². The third-order valence-corrected chi connectivity index (χ3v) is 6.35. The Labute approximate surface area is 189 Å². The summed E-state index contributed by atoms with van der Waals surface area (Å²) >= 11 is 0. The number of nitrogens with one attached hydrogen (secondary N) is 1. The number of fused-ring (bicyclic) bond motifs is 3. The molecule has 1 N–H and O–H groups in total. The van der Waals surface area contributed by atoms with Crippen molar-refractivity contribution in [3.8, 4) is 5.75 Å². The van der Waals surface area contributed by atoms with Gasteiger partial charge in [0.1, 0.15) is 17.0 Å². The normalized spacial score (nSPS) is 18.2. The molecule has 6 heteroatoms. The highest BCUT2D eigenvalue weighted by atomic mass is 16.5. The fourth-order valence-electron chi connectivity index (χ4n) is 4.42. The van der Waals surface area contributed by atoms with Crippen LogP contribution in [0.1, 0.15) is 43.2 Å². The van der Waals surface area contributed by atoms with Gasteiger partial charge in [-0.3, -0.25) is 9.59 Å². The first-order valence-corrected chi connectivity index (χ1v) is 11.2. The molecule has 2 amide bonds. The summed E-state index contributed by atoms with van der Waals surface area (Å²) < 4.78 is 7.50. The van der Waals surface area contributed by atoms with Crippen molar-refractivity contribution < 1.29 is 14.3 Å². The molecule has 1 aliphatic heterocycles. The van der Waals surface area contributed by atoms with E-state index in [0.717, 1.165) is 22.9 Å². The smallest absolute Gasteiger partial charge is 0.271 e. The molecule has 32 heavy (non-hydrogen) atoms. The van der Waals surface area contributed by atoms with E-state index in [2.05, 4.69) is 19.2 Å². The second kappa shape index (κ2) is 8.69. The topological polar surface area (TPSA) is 63.6 Å². The van der Waals surface area contributed by atoms with Crippen molar-refractivity contribution in [2.24, 2.45) is 5.92 Å².